The Balaban J connectivity index is 0.00000225. The molecule has 1 unspecified atom stereocenters. The van der Waals surface area contributed by atoms with Gasteiger partial charge in [-0.15, -0.1) is 0 Å². The smallest absolute Gasteiger partial charge is 0.243 e. The van der Waals surface area contributed by atoms with Gasteiger partial charge in [-0.2, -0.15) is 4.31 Å². The van der Waals surface area contributed by atoms with E-state index in [1.165, 1.54) is 47.8 Å². The summed E-state index contributed by atoms with van der Waals surface area (Å²) in [6, 6.07) is 4.97. The zero-order valence-electron chi connectivity index (χ0n) is 16.4. The second kappa shape index (κ2) is 12.4. The van der Waals surface area contributed by atoms with Crippen molar-refractivity contribution in [2.45, 2.75) is 77.5 Å². The lowest BCUT2D eigenvalue weighted by atomic mass is 9.90. The van der Waals surface area contributed by atoms with Gasteiger partial charge in [0.1, 0.15) is 5.82 Å². The molecule has 1 aromatic carbocycles. The number of rotatable bonds is 6. The van der Waals surface area contributed by atoms with Crippen LogP contribution in [0.4, 0.5) is 4.39 Å². The van der Waals surface area contributed by atoms with Crippen molar-refractivity contribution in [3.8, 4) is 0 Å². The Morgan fingerprint density at radius 3 is 2.23 bits per heavy atom. The highest BCUT2D eigenvalue weighted by Gasteiger charge is 2.32. The van der Waals surface area contributed by atoms with Crippen molar-refractivity contribution in [3.05, 3.63) is 30.1 Å². The number of sulfonamides is 1. The molecule has 2 aliphatic rings. The lowest BCUT2D eigenvalue weighted by molar-refractivity contribution is -0.125. The number of amides is 1. The van der Waals surface area contributed by atoms with Gasteiger partial charge in [0.25, 0.3) is 0 Å². The Hall–Kier alpha value is -1.47. The zero-order valence-corrected chi connectivity index (χ0v) is 17.2. The lowest BCUT2D eigenvalue weighted by Gasteiger charge is -2.20. The fraction of sp³-hybridized carbons (Fsp3) is 0.696. The first kappa shape index (κ1) is 26.6. The quantitative estimate of drug-likeness (QED) is 0.676. The first-order chi connectivity index (χ1) is 13.5. The molecule has 5 nitrogen and oxygen atoms in total. The maximum absolute atomic E-state index is 13.1. The van der Waals surface area contributed by atoms with Crippen molar-refractivity contribution >= 4 is 15.9 Å². The third kappa shape index (κ3) is 7.05. The molecular weight excluding hydrogens is 403 g/mol. The average molecular weight is 443 g/mol. The molecule has 0 spiro atoms. The van der Waals surface area contributed by atoms with Crippen molar-refractivity contribution in [2.24, 2.45) is 11.8 Å². The van der Waals surface area contributed by atoms with Gasteiger partial charge >= 0.3 is 0 Å². The number of halogens is 1. The van der Waals surface area contributed by atoms with Crippen LogP contribution in [0.25, 0.3) is 0 Å². The molecule has 1 amide bonds. The largest absolute Gasteiger partial charge is 0.356 e. The molecule has 1 saturated heterocycles. The van der Waals surface area contributed by atoms with Crippen LogP contribution in [-0.4, -0.2) is 38.3 Å². The van der Waals surface area contributed by atoms with E-state index in [1.54, 1.807) is 0 Å². The number of hydrogen-bond acceptors (Lipinski definition) is 3. The summed E-state index contributed by atoms with van der Waals surface area (Å²) in [5, 5.41) is 3.07. The van der Waals surface area contributed by atoms with Crippen LogP contribution in [0, 0.1) is 17.7 Å². The Bertz CT molecular complexity index is 744. The van der Waals surface area contributed by atoms with Crippen molar-refractivity contribution in [1.82, 2.24) is 9.62 Å². The lowest BCUT2D eigenvalue weighted by Crippen LogP contribution is -2.33. The molecule has 0 bridgehead atoms. The Kier molecular flexibility index (Phi) is 11.0. The molecule has 1 saturated carbocycles. The number of hydrogen-bond donors (Lipinski definition) is 1. The van der Waals surface area contributed by atoms with E-state index in [1.807, 2.05) is 0 Å². The molecule has 1 heterocycles. The summed E-state index contributed by atoms with van der Waals surface area (Å²) in [6.07, 6.45) is 9.56. The van der Waals surface area contributed by atoms with Gasteiger partial charge in [-0.1, -0.05) is 47.0 Å². The minimum atomic E-state index is -3.58. The predicted octanol–water partition coefficient (Wildman–Crippen LogP) is 4.98. The van der Waals surface area contributed by atoms with Gasteiger partial charge in [0.05, 0.1) is 4.90 Å². The topological polar surface area (TPSA) is 66.5 Å². The van der Waals surface area contributed by atoms with Crippen LogP contribution in [0.1, 0.15) is 72.6 Å². The van der Waals surface area contributed by atoms with E-state index in [-0.39, 0.29) is 37.5 Å². The van der Waals surface area contributed by atoms with Gasteiger partial charge in [-0.3, -0.25) is 4.79 Å². The molecule has 7 heteroatoms. The van der Waals surface area contributed by atoms with Gasteiger partial charge in [-0.25, -0.2) is 12.8 Å². The highest BCUT2D eigenvalue weighted by atomic mass is 32.2. The zero-order chi connectivity index (χ0) is 20.0. The minimum Gasteiger partial charge on any atom is -0.356 e. The number of nitrogens with zero attached hydrogens (tertiary/aromatic N) is 1. The molecule has 172 valence electrons. The molecule has 1 aliphatic heterocycles. The van der Waals surface area contributed by atoms with Crippen LogP contribution >= 0.6 is 0 Å². The third-order valence-electron chi connectivity index (χ3n) is 6.03. The van der Waals surface area contributed by atoms with Gasteiger partial charge in [0.2, 0.25) is 15.9 Å². The van der Waals surface area contributed by atoms with Crippen molar-refractivity contribution < 1.29 is 17.6 Å². The Morgan fingerprint density at radius 1 is 1.00 bits per heavy atom. The second-order valence-corrected chi connectivity index (χ2v) is 10.0. The van der Waals surface area contributed by atoms with Crippen molar-refractivity contribution in [2.75, 3.05) is 19.6 Å². The van der Waals surface area contributed by atoms with Crippen molar-refractivity contribution in [3.63, 3.8) is 0 Å². The summed E-state index contributed by atoms with van der Waals surface area (Å²) in [5.74, 6) is 0.0982. The van der Waals surface area contributed by atoms with E-state index in [0.29, 0.717) is 19.6 Å². The summed E-state index contributed by atoms with van der Waals surface area (Å²) in [7, 11) is -3.58. The van der Waals surface area contributed by atoms with Crippen LogP contribution in [-0.2, 0) is 14.8 Å². The normalized spacial score (nSPS) is 21.0. The maximum atomic E-state index is 13.1. The van der Waals surface area contributed by atoms with Crippen LogP contribution in [0.15, 0.2) is 29.2 Å². The summed E-state index contributed by atoms with van der Waals surface area (Å²) in [6.45, 7) is 1.53. The number of benzene rings is 1. The molecule has 1 N–H and O–H groups in total. The molecule has 0 aromatic heterocycles. The molecule has 2 fully saturated rings. The van der Waals surface area contributed by atoms with E-state index in [0.717, 1.165) is 38.5 Å². The van der Waals surface area contributed by atoms with Crippen molar-refractivity contribution in [1.29, 1.82) is 0 Å². The molecule has 3 rings (SSSR count). The molecule has 1 atom stereocenters. The predicted molar refractivity (Wildman–Crippen MR) is 120 cm³/mol. The standard InChI is InChI=1S/C21H31FN2O3S.2CH4/c22-19-8-10-20(11-9-19)28(26,27)24-15-13-17(16-24)12-14-23-21(25)18-6-4-2-1-3-5-7-18;;/h8-11,17-18H,1-7,12-16H2,(H,23,25);2*1H4. The SMILES string of the molecule is C.C.O=C(NCCC1CCN(S(=O)(=O)c2ccc(F)cc2)C1)C1CCCCCCC1. The molecular formula is C23H39FN2O3S. The molecule has 1 aromatic rings. The molecule has 0 radical (unpaired) electrons. The molecule has 1 aliphatic carbocycles. The number of carbonyl (C=O) groups is 1. The average Bonchev–Trinajstić information content (AvgIpc) is 3.11. The van der Waals surface area contributed by atoms with E-state index >= 15 is 0 Å². The summed E-state index contributed by atoms with van der Waals surface area (Å²) in [4.78, 5) is 12.6. The maximum Gasteiger partial charge on any atom is 0.243 e. The fourth-order valence-corrected chi connectivity index (χ4v) is 5.80. The van der Waals surface area contributed by atoms with Crippen LogP contribution in [0.5, 0.6) is 0 Å². The number of nitrogens with one attached hydrogen (secondary N) is 1. The first-order valence-electron chi connectivity index (χ1n) is 10.5. The fourth-order valence-electron chi connectivity index (χ4n) is 4.27. The second-order valence-electron chi connectivity index (χ2n) is 8.09. The van der Waals surface area contributed by atoms with Crippen LogP contribution in [0.2, 0.25) is 0 Å². The van der Waals surface area contributed by atoms with Gasteiger partial charge < -0.3 is 5.32 Å². The van der Waals surface area contributed by atoms with Gasteiger partial charge in [0.15, 0.2) is 0 Å². The van der Waals surface area contributed by atoms with Crippen LogP contribution in [0.3, 0.4) is 0 Å². The van der Waals surface area contributed by atoms with E-state index in [9.17, 15) is 17.6 Å². The van der Waals surface area contributed by atoms with Crippen LogP contribution < -0.4 is 5.32 Å². The van der Waals surface area contributed by atoms with E-state index in [4.69, 9.17) is 0 Å². The third-order valence-corrected chi connectivity index (χ3v) is 7.91. The van der Waals surface area contributed by atoms with Gasteiger partial charge in [-0.05, 0) is 55.9 Å². The molecule has 30 heavy (non-hydrogen) atoms. The first-order valence-corrected chi connectivity index (χ1v) is 11.9. The van der Waals surface area contributed by atoms with E-state index in [2.05, 4.69) is 5.32 Å². The summed E-state index contributed by atoms with van der Waals surface area (Å²) in [5.41, 5.74) is 0. The highest BCUT2D eigenvalue weighted by molar-refractivity contribution is 7.89. The summed E-state index contributed by atoms with van der Waals surface area (Å²) >= 11 is 0. The minimum absolute atomic E-state index is 0. The van der Waals surface area contributed by atoms with Gasteiger partial charge in [0, 0.05) is 25.6 Å². The Morgan fingerprint density at radius 2 is 1.60 bits per heavy atom. The Labute approximate surface area is 182 Å². The number of carbonyl (C=O) groups excluding carboxylic acids is 1. The highest BCUT2D eigenvalue weighted by Crippen LogP contribution is 2.26. The van der Waals surface area contributed by atoms with E-state index < -0.39 is 15.8 Å². The summed E-state index contributed by atoms with van der Waals surface area (Å²) < 4.78 is 39.9. The monoisotopic (exact) mass is 442 g/mol.